The van der Waals surface area contributed by atoms with E-state index in [1.165, 1.54) is 27.4 Å². The monoisotopic (exact) mass is 160 g/mol. The van der Waals surface area contributed by atoms with Crippen LogP contribution in [-0.4, -0.2) is 15.7 Å². The van der Waals surface area contributed by atoms with Crippen molar-refractivity contribution in [3.8, 4) is 11.5 Å². The average molecular weight is 160 g/mol. The Morgan fingerprint density at radius 2 is 1.80 bits per heavy atom. The van der Waals surface area contributed by atoms with Gasteiger partial charge in [0.05, 0.1) is 0 Å². The summed E-state index contributed by atoms with van der Waals surface area (Å²) in [5.41, 5.74) is 0. The minimum Gasteiger partial charge on any atom is -0.870 e. The van der Waals surface area contributed by atoms with Crippen LogP contribution in [0.25, 0.3) is 0 Å². The van der Waals surface area contributed by atoms with Gasteiger partial charge in [-0.05, 0) is 12.1 Å². The normalized spacial score (nSPS) is 8.80. The molecule has 0 saturated carbocycles. The second-order valence-electron chi connectivity index (χ2n) is 1.81. The quantitative estimate of drug-likeness (QED) is 0.419. The van der Waals surface area contributed by atoms with Crippen molar-refractivity contribution < 1.29 is 15.7 Å². The van der Waals surface area contributed by atoms with Gasteiger partial charge in [-0.25, -0.2) is 0 Å². The third-order valence-electron chi connectivity index (χ3n) is 1.06. The van der Waals surface area contributed by atoms with Crippen LogP contribution < -0.4 is 5.30 Å². The maximum atomic E-state index is 8.94. The van der Waals surface area contributed by atoms with Gasteiger partial charge in [0.25, 0.3) is 0 Å². The van der Waals surface area contributed by atoms with E-state index in [-0.39, 0.29) is 17.0 Å². The minimum atomic E-state index is 0. The SMILES string of the molecule is Oc1ccc(O)c([PH3+])c1.[OH-]. The summed E-state index contributed by atoms with van der Waals surface area (Å²) >= 11 is 0. The van der Waals surface area contributed by atoms with E-state index in [1.54, 1.807) is 0 Å². The van der Waals surface area contributed by atoms with E-state index in [1.807, 2.05) is 0 Å². The summed E-state index contributed by atoms with van der Waals surface area (Å²) in [6, 6.07) is 4.44. The highest BCUT2D eigenvalue weighted by molar-refractivity contribution is 7.27. The Bertz CT molecular complexity index is 224. The molecule has 0 fully saturated rings. The van der Waals surface area contributed by atoms with Crippen molar-refractivity contribution in [1.82, 2.24) is 0 Å². The number of rotatable bonds is 0. The molecule has 0 aromatic heterocycles. The van der Waals surface area contributed by atoms with Gasteiger partial charge in [0.15, 0.2) is 5.75 Å². The molecule has 1 atom stereocenters. The van der Waals surface area contributed by atoms with E-state index < -0.39 is 0 Å². The van der Waals surface area contributed by atoms with Crippen molar-refractivity contribution >= 4 is 14.5 Å². The standard InChI is InChI=1S/C6H7O2P.H2O/c7-4-1-2-5(8)6(9)3-4;/h1-3,7-8H,9H2;1H2. The molecule has 10 heavy (non-hydrogen) atoms. The molecule has 0 saturated heterocycles. The molecule has 0 amide bonds. The van der Waals surface area contributed by atoms with E-state index in [4.69, 9.17) is 10.2 Å². The summed E-state index contributed by atoms with van der Waals surface area (Å²) < 4.78 is 0. The molecule has 1 aromatic rings. The zero-order valence-electron chi connectivity index (χ0n) is 5.28. The molecule has 0 radical (unpaired) electrons. The molecule has 4 heteroatoms. The first-order valence-corrected chi connectivity index (χ1v) is 3.25. The first-order chi connectivity index (χ1) is 4.20. The Morgan fingerprint density at radius 1 is 1.20 bits per heavy atom. The van der Waals surface area contributed by atoms with E-state index in [9.17, 15) is 0 Å². The number of hydrogen-bond donors (Lipinski definition) is 2. The Morgan fingerprint density at radius 3 is 2.20 bits per heavy atom. The van der Waals surface area contributed by atoms with Crippen molar-refractivity contribution in [3.05, 3.63) is 18.2 Å². The fourth-order valence-corrected chi connectivity index (χ4v) is 0.899. The maximum absolute atomic E-state index is 8.94. The third kappa shape index (κ3) is 1.87. The number of phenols is 2. The van der Waals surface area contributed by atoms with Gasteiger partial charge in [0.2, 0.25) is 0 Å². The molecule has 0 aliphatic rings. The molecule has 0 aliphatic heterocycles. The average Bonchev–Trinajstić information content (AvgIpc) is 1.80. The van der Waals surface area contributed by atoms with Gasteiger partial charge in [-0.3, -0.25) is 0 Å². The molecule has 1 rings (SSSR count). The lowest BCUT2D eigenvalue weighted by atomic mass is 10.3. The summed E-state index contributed by atoms with van der Waals surface area (Å²) in [6.07, 6.45) is 0. The van der Waals surface area contributed by atoms with Crippen molar-refractivity contribution in [2.45, 2.75) is 0 Å². The van der Waals surface area contributed by atoms with Crippen LogP contribution in [0.5, 0.6) is 11.5 Å². The van der Waals surface area contributed by atoms with Crippen LogP contribution in [0.15, 0.2) is 18.2 Å². The number of aromatic hydroxyl groups is 2. The molecule has 0 heterocycles. The lowest BCUT2D eigenvalue weighted by molar-refractivity contribution is 0.464. The topological polar surface area (TPSA) is 70.5 Å². The van der Waals surface area contributed by atoms with Crippen LogP contribution in [-0.2, 0) is 0 Å². The largest absolute Gasteiger partial charge is 0.870 e. The summed E-state index contributed by atoms with van der Waals surface area (Å²) in [6.45, 7) is 0. The first-order valence-electron chi connectivity index (χ1n) is 2.54. The highest BCUT2D eigenvalue weighted by atomic mass is 31.0. The van der Waals surface area contributed by atoms with Gasteiger partial charge in [-0.2, -0.15) is 0 Å². The van der Waals surface area contributed by atoms with E-state index in [2.05, 4.69) is 0 Å². The zero-order chi connectivity index (χ0) is 6.85. The molecule has 3 nitrogen and oxygen atoms in total. The summed E-state index contributed by atoms with van der Waals surface area (Å²) in [5, 5.41) is 18.5. The second kappa shape index (κ2) is 3.40. The van der Waals surface area contributed by atoms with Crippen LogP contribution in [0.3, 0.4) is 0 Å². The molecule has 56 valence electrons. The first kappa shape index (κ1) is 9.21. The molecule has 3 N–H and O–H groups in total. The Kier molecular flexibility index (Phi) is 3.13. The maximum Gasteiger partial charge on any atom is 0.157 e. The molecular weight excluding hydrogens is 151 g/mol. The molecular formula is C6H9O3P. The summed E-state index contributed by atoms with van der Waals surface area (Å²) in [5.74, 6) is 0.420. The van der Waals surface area contributed by atoms with Gasteiger partial charge in [-0.15, -0.1) is 0 Å². The smallest absolute Gasteiger partial charge is 0.157 e. The third-order valence-corrected chi connectivity index (χ3v) is 1.63. The fourth-order valence-electron chi connectivity index (χ4n) is 0.572. The van der Waals surface area contributed by atoms with Crippen molar-refractivity contribution in [1.29, 1.82) is 0 Å². The molecule has 0 aliphatic carbocycles. The van der Waals surface area contributed by atoms with Crippen molar-refractivity contribution in [2.75, 3.05) is 0 Å². The predicted octanol–water partition coefficient (Wildman–Crippen LogP) is 0.154. The van der Waals surface area contributed by atoms with Crippen LogP contribution in [0, 0.1) is 0 Å². The number of phenolic OH excluding ortho intramolecular Hbond substituents is 2. The predicted molar refractivity (Wildman–Crippen MR) is 42.4 cm³/mol. The second-order valence-corrected chi connectivity index (χ2v) is 2.57. The van der Waals surface area contributed by atoms with Crippen molar-refractivity contribution in [2.24, 2.45) is 0 Å². The lowest BCUT2D eigenvalue weighted by Gasteiger charge is -1.92. The van der Waals surface area contributed by atoms with E-state index >= 15 is 0 Å². The van der Waals surface area contributed by atoms with E-state index in [0.717, 1.165) is 5.30 Å². The Labute approximate surface area is 60.8 Å². The highest BCUT2D eigenvalue weighted by Crippen LogP contribution is 2.14. The molecule has 1 aromatic carbocycles. The zero-order valence-corrected chi connectivity index (χ0v) is 6.70. The molecule has 0 spiro atoms. The van der Waals surface area contributed by atoms with Gasteiger partial charge in [-0.1, -0.05) is 0 Å². The molecule has 0 bridgehead atoms. The fraction of sp³-hybridized carbons (Fsp3) is 0. The minimum absolute atomic E-state index is 0. The lowest BCUT2D eigenvalue weighted by Crippen LogP contribution is -1.88. The van der Waals surface area contributed by atoms with Gasteiger partial charge >= 0.3 is 0 Å². The summed E-state index contributed by atoms with van der Waals surface area (Å²) in [7, 11) is 1.54. The Hall–Kier alpha value is -0.790. The van der Waals surface area contributed by atoms with Crippen LogP contribution in [0.1, 0.15) is 0 Å². The molecule has 1 unspecified atom stereocenters. The number of hydrogen-bond acceptors (Lipinski definition) is 3. The van der Waals surface area contributed by atoms with Crippen molar-refractivity contribution in [3.63, 3.8) is 0 Å². The Balaban J connectivity index is 0.000000810. The van der Waals surface area contributed by atoms with Crippen LogP contribution >= 0.6 is 9.24 Å². The van der Waals surface area contributed by atoms with Gasteiger partial charge in [0.1, 0.15) is 11.1 Å². The van der Waals surface area contributed by atoms with Crippen LogP contribution in [0.4, 0.5) is 0 Å². The number of benzene rings is 1. The van der Waals surface area contributed by atoms with E-state index in [0.29, 0.717) is 0 Å². The summed E-state index contributed by atoms with van der Waals surface area (Å²) in [4.78, 5) is 0. The van der Waals surface area contributed by atoms with Gasteiger partial charge in [0, 0.05) is 15.3 Å². The van der Waals surface area contributed by atoms with Crippen LogP contribution in [0.2, 0.25) is 0 Å². The van der Waals surface area contributed by atoms with Gasteiger partial charge < -0.3 is 15.7 Å². The highest BCUT2D eigenvalue weighted by Gasteiger charge is 1.98.